The van der Waals surface area contributed by atoms with Gasteiger partial charge in [-0.15, -0.1) is 0 Å². The van der Waals surface area contributed by atoms with Crippen molar-refractivity contribution in [1.29, 1.82) is 0 Å². The highest BCUT2D eigenvalue weighted by atomic mass is 19.1. The van der Waals surface area contributed by atoms with Gasteiger partial charge >= 0.3 is 0 Å². The van der Waals surface area contributed by atoms with Gasteiger partial charge in [0.2, 0.25) is 0 Å². The topological polar surface area (TPSA) is 90.9 Å². The van der Waals surface area contributed by atoms with Crippen molar-refractivity contribution in [1.82, 2.24) is 10.4 Å². The van der Waals surface area contributed by atoms with Crippen LogP contribution in [0.25, 0.3) is 0 Å². The van der Waals surface area contributed by atoms with E-state index in [1.807, 2.05) is 13.8 Å². The molecular formula is C19H28FN3O4. The van der Waals surface area contributed by atoms with Crippen LogP contribution in [0.5, 0.6) is 0 Å². The van der Waals surface area contributed by atoms with Crippen molar-refractivity contribution < 1.29 is 23.9 Å². The monoisotopic (exact) mass is 381 g/mol. The summed E-state index contributed by atoms with van der Waals surface area (Å²) in [5.41, 5.74) is 3.16. The van der Waals surface area contributed by atoms with Crippen LogP contribution in [0.3, 0.4) is 0 Å². The molecule has 0 aliphatic carbocycles. The van der Waals surface area contributed by atoms with Crippen LogP contribution in [0.2, 0.25) is 0 Å². The van der Waals surface area contributed by atoms with E-state index in [0.29, 0.717) is 6.29 Å². The Kier molecular flexibility index (Phi) is 12.1. The Balaban J connectivity index is 0.00000326. The van der Waals surface area contributed by atoms with Gasteiger partial charge in [-0.3, -0.25) is 14.4 Å². The summed E-state index contributed by atoms with van der Waals surface area (Å²) in [5, 5.41) is 11.4. The molecule has 27 heavy (non-hydrogen) atoms. The van der Waals surface area contributed by atoms with Crippen LogP contribution in [0.4, 0.5) is 10.1 Å². The van der Waals surface area contributed by atoms with Crippen LogP contribution in [-0.2, 0) is 14.4 Å². The Bertz CT molecular complexity index is 673. The molecule has 0 radical (unpaired) electrons. The summed E-state index contributed by atoms with van der Waals surface area (Å²) in [6, 6.07) is 4.54. The van der Waals surface area contributed by atoms with Gasteiger partial charge < -0.3 is 15.3 Å². The van der Waals surface area contributed by atoms with E-state index in [1.165, 1.54) is 18.3 Å². The second kappa shape index (κ2) is 13.5. The number of anilines is 1. The predicted octanol–water partition coefficient (Wildman–Crippen LogP) is 2.14. The third-order valence-electron chi connectivity index (χ3n) is 2.91. The van der Waals surface area contributed by atoms with Gasteiger partial charge in [-0.1, -0.05) is 19.9 Å². The van der Waals surface area contributed by atoms with E-state index in [2.05, 4.69) is 10.8 Å². The first-order valence-electron chi connectivity index (χ1n) is 8.49. The number of hydrogen-bond acceptors (Lipinski definition) is 6. The van der Waals surface area contributed by atoms with Gasteiger partial charge in [-0.2, -0.15) is 0 Å². The molecule has 0 aromatic heterocycles. The van der Waals surface area contributed by atoms with Crippen molar-refractivity contribution in [3.63, 3.8) is 0 Å². The lowest BCUT2D eigenvalue weighted by molar-refractivity contribution is -0.130. The average Bonchev–Trinajstić information content (AvgIpc) is 2.63. The molecule has 150 valence electrons. The molecule has 0 atom stereocenters. The van der Waals surface area contributed by atoms with Gasteiger partial charge in [0.05, 0.1) is 30.2 Å². The highest BCUT2D eigenvalue weighted by Gasteiger charge is 2.17. The van der Waals surface area contributed by atoms with Crippen molar-refractivity contribution in [2.24, 2.45) is 0 Å². The van der Waals surface area contributed by atoms with Crippen LogP contribution >= 0.6 is 0 Å². The number of halogens is 1. The minimum absolute atomic E-state index is 0.0509. The average molecular weight is 381 g/mol. The van der Waals surface area contributed by atoms with Crippen LogP contribution in [0, 0.1) is 12.7 Å². The van der Waals surface area contributed by atoms with E-state index in [0.717, 1.165) is 11.6 Å². The molecule has 0 unspecified atom stereocenters. The van der Waals surface area contributed by atoms with Crippen molar-refractivity contribution in [3.05, 3.63) is 53.1 Å². The van der Waals surface area contributed by atoms with Crippen LogP contribution in [0.15, 0.2) is 41.7 Å². The zero-order valence-corrected chi connectivity index (χ0v) is 16.4. The number of hydroxylamine groups is 1. The maximum Gasteiger partial charge on any atom is 0.278 e. The molecular weight excluding hydrogens is 353 g/mol. The number of aldehydes is 1. The second-order valence-corrected chi connectivity index (χ2v) is 5.33. The van der Waals surface area contributed by atoms with Crippen molar-refractivity contribution in [3.8, 4) is 0 Å². The first-order chi connectivity index (χ1) is 12.9. The second-order valence-electron chi connectivity index (χ2n) is 5.33. The Labute approximate surface area is 159 Å². The summed E-state index contributed by atoms with van der Waals surface area (Å²) in [7, 11) is 3.37. The largest absolute Gasteiger partial charge is 0.394 e. The van der Waals surface area contributed by atoms with Crippen LogP contribution in [-0.4, -0.2) is 49.5 Å². The fourth-order valence-corrected chi connectivity index (χ4v) is 1.86. The molecule has 3 N–H and O–H groups in total. The molecule has 0 saturated heterocycles. The van der Waals surface area contributed by atoms with Gasteiger partial charge in [-0.05, 0) is 24.6 Å². The maximum atomic E-state index is 14.1. The highest BCUT2D eigenvalue weighted by molar-refractivity contribution is 5.99. The molecule has 8 heteroatoms. The molecule has 1 amide bonds. The molecule has 0 saturated carbocycles. The Morgan fingerprint density at radius 3 is 2.52 bits per heavy atom. The summed E-state index contributed by atoms with van der Waals surface area (Å²) in [6.45, 7) is 5.39. The fraction of sp³-hybridized carbons (Fsp3) is 0.368. The molecule has 1 aromatic carbocycles. The van der Waals surface area contributed by atoms with Gasteiger partial charge in [0.25, 0.3) is 5.91 Å². The molecule has 1 rings (SSSR count). The molecule has 7 nitrogen and oxygen atoms in total. The SMILES string of the molecule is CC.Cc1ccc(NC(=C/C=O)/C(=C\N(C)C)C(=O)NOCCO)c(F)c1. The van der Waals surface area contributed by atoms with E-state index in [9.17, 15) is 14.0 Å². The summed E-state index contributed by atoms with van der Waals surface area (Å²) in [4.78, 5) is 29.7. The van der Waals surface area contributed by atoms with E-state index in [1.54, 1.807) is 32.0 Å². The van der Waals surface area contributed by atoms with Gasteiger partial charge in [0, 0.05) is 26.4 Å². The van der Waals surface area contributed by atoms with Crippen molar-refractivity contribution >= 4 is 17.9 Å². The quantitative estimate of drug-likeness (QED) is 0.200. The first kappa shape index (κ1) is 24.3. The fourth-order valence-electron chi connectivity index (χ4n) is 1.86. The maximum absolute atomic E-state index is 14.1. The van der Waals surface area contributed by atoms with Crippen LogP contribution in [0.1, 0.15) is 19.4 Å². The van der Waals surface area contributed by atoms with E-state index < -0.39 is 11.7 Å². The number of nitrogens with zero attached hydrogens (tertiary/aromatic N) is 1. The van der Waals surface area contributed by atoms with Crippen molar-refractivity contribution in [2.75, 3.05) is 32.6 Å². The summed E-state index contributed by atoms with van der Waals surface area (Å²) in [5.74, 6) is -1.17. The number of aliphatic hydroxyl groups excluding tert-OH is 1. The number of nitrogens with one attached hydrogen (secondary N) is 2. The third kappa shape index (κ3) is 8.98. The highest BCUT2D eigenvalue weighted by Crippen LogP contribution is 2.20. The molecule has 1 aromatic rings. The molecule has 0 heterocycles. The lowest BCUT2D eigenvalue weighted by atomic mass is 10.1. The number of hydrogen-bond donors (Lipinski definition) is 3. The lowest BCUT2D eigenvalue weighted by Crippen LogP contribution is -2.29. The standard InChI is InChI=1S/C17H22FN3O4.C2H6/c1-12-4-5-16(14(18)10-12)19-15(6-7-22)13(11-21(2)3)17(24)20-25-9-8-23;1-2/h4-7,10-11,19,23H,8-9H2,1-3H3,(H,20,24);1-2H3/b13-11+,15-6+;. The Hall–Kier alpha value is -2.71. The lowest BCUT2D eigenvalue weighted by Gasteiger charge is -2.17. The minimum Gasteiger partial charge on any atom is -0.394 e. The van der Waals surface area contributed by atoms with Crippen LogP contribution < -0.4 is 10.8 Å². The molecule has 0 fully saturated rings. The molecule has 0 spiro atoms. The van der Waals surface area contributed by atoms with Crippen molar-refractivity contribution in [2.45, 2.75) is 20.8 Å². The normalized spacial score (nSPS) is 11.2. The summed E-state index contributed by atoms with van der Waals surface area (Å²) < 4.78 is 14.1. The summed E-state index contributed by atoms with van der Waals surface area (Å²) >= 11 is 0. The Morgan fingerprint density at radius 2 is 2.00 bits per heavy atom. The molecule has 0 bridgehead atoms. The van der Waals surface area contributed by atoms with Gasteiger partial charge in [0.15, 0.2) is 0 Å². The summed E-state index contributed by atoms with van der Waals surface area (Å²) in [6.07, 6.45) is 3.05. The molecule has 0 aliphatic heterocycles. The number of benzene rings is 1. The number of carbonyl (C=O) groups is 2. The zero-order valence-electron chi connectivity index (χ0n) is 16.4. The molecule has 0 aliphatic rings. The van der Waals surface area contributed by atoms with E-state index in [4.69, 9.17) is 9.94 Å². The number of amides is 1. The number of allylic oxidation sites excluding steroid dienone is 1. The zero-order chi connectivity index (χ0) is 20.8. The van der Waals surface area contributed by atoms with E-state index >= 15 is 0 Å². The first-order valence-corrected chi connectivity index (χ1v) is 8.49. The number of carbonyl (C=O) groups excluding carboxylic acids is 2. The number of aliphatic hydroxyl groups is 1. The van der Waals surface area contributed by atoms with Gasteiger partial charge in [-0.25, -0.2) is 9.87 Å². The Morgan fingerprint density at radius 1 is 1.33 bits per heavy atom. The number of aryl methyl sites for hydroxylation is 1. The smallest absolute Gasteiger partial charge is 0.278 e. The predicted molar refractivity (Wildman–Crippen MR) is 103 cm³/mol. The van der Waals surface area contributed by atoms with E-state index in [-0.39, 0.29) is 30.2 Å². The van der Waals surface area contributed by atoms with Gasteiger partial charge in [0.1, 0.15) is 12.1 Å². The number of rotatable bonds is 9. The minimum atomic E-state index is -0.657. The third-order valence-corrected chi connectivity index (χ3v) is 2.91.